The molecule has 0 aliphatic carbocycles. The summed E-state index contributed by atoms with van der Waals surface area (Å²) in [7, 11) is 1.81. The number of nitrogens with zero attached hydrogens (tertiary/aromatic N) is 1. The molecular formula is C13H16N2O3. The lowest BCUT2D eigenvalue weighted by molar-refractivity contribution is -0.131. The molecule has 5 heteroatoms. The van der Waals surface area contributed by atoms with Crippen molar-refractivity contribution in [2.24, 2.45) is 0 Å². The van der Waals surface area contributed by atoms with E-state index in [1.54, 1.807) is 23.1 Å². The zero-order chi connectivity index (χ0) is 13.1. The fraction of sp³-hybridized carbons (Fsp3) is 0.385. The highest BCUT2D eigenvalue weighted by Crippen LogP contribution is 2.24. The minimum Gasteiger partial charge on any atom is -0.478 e. The average Bonchev–Trinajstić information content (AvgIpc) is 2.78. The minimum atomic E-state index is -0.933. The van der Waals surface area contributed by atoms with Crippen LogP contribution in [0, 0.1) is 0 Å². The molecule has 1 aliphatic rings. The van der Waals surface area contributed by atoms with Crippen molar-refractivity contribution in [2.75, 3.05) is 13.6 Å². The summed E-state index contributed by atoms with van der Waals surface area (Å²) in [6.07, 6.45) is 0.469. The van der Waals surface area contributed by atoms with E-state index in [1.807, 2.05) is 7.05 Å². The molecule has 0 aromatic heterocycles. The van der Waals surface area contributed by atoms with Crippen molar-refractivity contribution in [3.05, 3.63) is 34.9 Å². The average molecular weight is 248 g/mol. The second-order valence-electron chi connectivity index (χ2n) is 4.39. The van der Waals surface area contributed by atoms with Gasteiger partial charge in [-0.3, -0.25) is 4.79 Å². The monoisotopic (exact) mass is 248 g/mol. The number of carboxylic acid groups (broad SMARTS) is 1. The Balaban J connectivity index is 2.08. The van der Waals surface area contributed by atoms with Crippen LogP contribution in [0.3, 0.4) is 0 Å². The highest BCUT2D eigenvalue weighted by molar-refractivity contribution is 5.88. The molecule has 1 aromatic carbocycles. The van der Waals surface area contributed by atoms with Crippen molar-refractivity contribution in [1.82, 2.24) is 10.2 Å². The number of nitrogens with one attached hydrogen (secondary N) is 1. The van der Waals surface area contributed by atoms with Gasteiger partial charge in [-0.1, -0.05) is 6.07 Å². The Labute approximate surface area is 105 Å². The van der Waals surface area contributed by atoms with Crippen molar-refractivity contribution in [3.8, 4) is 0 Å². The lowest BCUT2D eigenvalue weighted by atomic mass is 10.1. The van der Waals surface area contributed by atoms with Gasteiger partial charge in [0.1, 0.15) is 0 Å². The number of carboxylic acids is 1. The van der Waals surface area contributed by atoms with Gasteiger partial charge in [0.25, 0.3) is 0 Å². The normalized spacial score (nSPS) is 13.5. The molecule has 96 valence electrons. The highest BCUT2D eigenvalue weighted by Gasteiger charge is 2.23. The summed E-state index contributed by atoms with van der Waals surface area (Å²) in [5.41, 5.74) is 2.25. The van der Waals surface area contributed by atoms with Crippen molar-refractivity contribution >= 4 is 11.9 Å². The molecule has 0 spiro atoms. The standard InChI is InChI=1S/C13H16N2O3/c1-14-5-4-12(16)15-7-10-3-2-9(13(17)18)6-11(10)8-15/h2-3,6,14H,4-5,7-8H2,1H3,(H,17,18). The highest BCUT2D eigenvalue weighted by atomic mass is 16.4. The third kappa shape index (κ3) is 2.51. The van der Waals surface area contributed by atoms with Gasteiger partial charge in [0, 0.05) is 26.1 Å². The first-order valence-electron chi connectivity index (χ1n) is 5.89. The van der Waals surface area contributed by atoms with Crippen LogP contribution < -0.4 is 5.32 Å². The maximum atomic E-state index is 11.9. The molecule has 1 amide bonds. The number of aromatic carboxylic acids is 1. The number of carbonyl (C=O) groups is 2. The van der Waals surface area contributed by atoms with Gasteiger partial charge in [-0.05, 0) is 30.3 Å². The number of fused-ring (bicyclic) bond motifs is 1. The first-order chi connectivity index (χ1) is 8.61. The van der Waals surface area contributed by atoms with Gasteiger partial charge in [0.05, 0.1) is 5.56 Å². The molecule has 0 radical (unpaired) electrons. The summed E-state index contributed by atoms with van der Waals surface area (Å²) < 4.78 is 0. The van der Waals surface area contributed by atoms with Crippen LogP contribution in [0.4, 0.5) is 0 Å². The Morgan fingerprint density at radius 1 is 1.33 bits per heavy atom. The summed E-state index contributed by atoms with van der Waals surface area (Å²) >= 11 is 0. The van der Waals surface area contributed by atoms with E-state index in [-0.39, 0.29) is 11.5 Å². The van der Waals surface area contributed by atoms with Crippen molar-refractivity contribution in [2.45, 2.75) is 19.5 Å². The van der Waals surface area contributed by atoms with Crippen LogP contribution >= 0.6 is 0 Å². The van der Waals surface area contributed by atoms with Crippen LogP contribution in [-0.2, 0) is 17.9 Å². The molecule has 1 aromatic rings. The van der Waals surface area contributed by atoms with E-state index in [9.17, 15) is 9.59 Å². The van der Waals surface area contributed by atoms with Gasteiger partial charge < -0.3 is 15.3 Å². The fourth-order valence-electron chi connectivity index (χ4n) is 2.09. The van der Waals surface area contributed by atoms with Crippen LogP contribution in [0.1, 0.15) is 27.9 Å². The number of amides is 1. The molecule has 1 aliphatic heterocycles. The molecule has 18 heavy (non-hydrogen) atoms. The van der Waals surface area contributed by atoms with Gasteiger partial charge >= 0.3 is 5.97 Å². The third-order valence-electron chi connectivity index (χ3n) is 3.12. The Morgan fingerprint density at radius 2 is 2.06 bits per heavy atom. The van der Waals surface area contributed by atoms with Gasteiger partial charge in [0.15, 0.2) is 0 Å². The van der Waals surface area contributed by atoms with Crippen LogP contribution in [-0.4, -0.2) is 35.5 Å². The zero-order valence-corrected chi connectivity index (χ0v) is 10.3. The summed E-state index contributed by atoms with van der Waals surface area (Å²) in [5, 5.41) is 11.9. The fourth-order valence-corrected chi connectivity index (χ4v) is 2.09. The predicted molar refractivity (Wildman–Crippen MR) is 66.2 cm³/mol. The number of hydrogen-bond donors (Lipinski definition) is 2. The number of carbonyl (C=O) groups excluding carboxylic acids is 1. The third-order valence-corrected chi connectivity index (χ3v) is 3.12. The molecule has 0 unspecified atom stereocenters. The quantitative estimate of drug-likeness (QED) is 0.828. The van der Waals surface area contributed by atoms with E-state index in [0.29, 0.717) is 26.1 Å². The second kappa shape index (κ2) is 5.18. The van der Waals surface area contributed by atoms with Crippen LogP contribution in [0.2, 0.25) is 0 Å². The molecule has 2 N–H and O–H groups in total. The second-order valence-corrected chi connectivity index (χ2v) is 4.39. The predicted octanol–water partition coefficient (Wildman–Crippen LogP) is 0.836. The van der Waals surface area contributed by atoms with Crippen LogP contribution in [0.5, 0.6) is 0 Å². The lowest BCUT2D eigenvalue weighted by Crippen LogP contribution is -2.27. The molecule has 2 rings (SSSR count). The smallest absolute Gasteiger partial charge is 0.335 e. The number of hydrogen-bond acceptors (Lipinski definition) is 3. The van der Waals surface area contributed by atoms with E-state index in [1.165, 1.54) is 0 Å². The summed E-state index contributed by atoms with van der Waals surface area (Å²) in [6, 6.07) is 5.04. The van der Waals surface area contributed by atoms with Gasteiger partial charge in [0.2, 0.25) is 5.91 Å². The van der Waals surface area contributed by atoms with E-state index < -0.39 is 5.97 Å². The summed E-state index contributed by atoms with van der Waals surface area (Å²) in [6.45, 7) is 1.75. The van der Waals surface area contributed by atoms with E-state index in [4.69, 9.17) is 5.11 Å². The number of benzene rings is 1. The molecule has 0 saturated carbocycles. The van der Waals surface area contributed by atoms with Crippen molar-refractivity contribution in [1.29, 1.82) is 0 Å². The first kappa shape index (κ1) is 12.6. The summed E-state index contributed by atoms with van der Waals surface area (Å²) in [5.74, 6) is -0.838. The first-order valence-corrected chi connectivity index (χ1v) is 5.89. The van der Waals surface area contributed by atoms with Crippen molar-refractivity contribution in [3.63, 3.8) is 0 Å². The maximum absolute atomic E-state index is 11.9. The molecular weight excluding hydrogens is 232 g/mol. The van der Waals surface area contributed by atoms with E-state index in [0.717, 1.165) is 11.1 Å². The molecule has 0 bridgehead atoms. The lowest BCUT2D eigenvalue weighted by Gasteiger charge is -2.14. The minimum absolute atomic E-state index is 0.0948. The van der Waals surface area contributed by atoms with Crippen molar-refractivity contribution < 1.29 is 14.7 Å². The molecule has 0 atom stereocenters. The molecule has 0 saturated heterocycles. The van der Waals surface area contributed by atoms with Crippen LogP contribution in [0.25, 0.3) is 0 Å². The van der Waals surface area contributed by atoms with Crippen LogP contribution in [0.15, 0.2) is 18.2 Å². The van der Waals surface area contributed by atoms with E-state index in [2.05, 4.69) is 5.32 Å². The molecule has 1 heterocycles. The van der Waals surface area contributed by atoms with Gasteiger partial charge in [-0.2, -0.15) is 0 Å². The van der Waals surface area contributed by atoms with Gasteiger partial charge in [-0.15, -0.1) is 0 Å². The largest absolute Gasteiger partial charge is 0.478 e. The van der Waals surface area contributed by atoms with Gasteiger partial charge in [-0.25, -0.2) is 4.79 Å². The Hall–Kier alpha value is -1.88. The Bertz CT molecular complexity index is 485. The molecule has 0 fully saturated rings. The topological polar surface area (TPSA) is 69.6 Å². The van der Waals surface area contributed by atoms with E-state index >= 15 is 0 Å². The SMILES string of the molecule is CNCCC(=O)N1Cc2ccc(C(=O)O)cc2C1. The Kier molecular flexibility index (Phi) is 3.62. The number of rotatable bonds is 4. The molecule has 5 nitrogen and oxygen atoms in total. The maximum Gasteiger partial charge on any atom is 0.335 e. The zero-order valence-electron chi connectivity index (χ0n) is 10.3. The summed E-state index contributed by atoms with van der Waals surface area (Å²) in [4.78, 5) is 24.5. The Morgan fingerprint density at radius 3 is 2.72 bits per heavy atom.